The highest BCUT2D eigenvalue weighted by atomic mass is 16.3. The van der Waals surface area contributed by atoms with Crippen molar-refractivity contribution in [3.8, 4) is 5.69 Å². The van der Waals surface area contributed by atoms with Crippen molar-refractivity contribution in [2.24, 2.45) is 0 Å². The largest absolute Gasteiger partial charge is 0.454 e. The van der Waals surface area contributed by atoms with E-state index in [0.29, 0.717) is 0 Å². The molecule has 6 aromatic carbocycles. The van der Waals surface area contributed by atoms with Crippen molar-refractivity contribution in [3.63, 3.8) is 0 Å². The lowest BCUT2D eigenvalue weighted by Gasteiger charge is -2.50. The molecule has 0 saturated heterocycles. The summed E-state index contributed by atoms with van der Waals surface area (Å²) < 4.78 is 9.37. The Balaban J connectivity index is 1.12. The standard InChI is InChI=1S/C60H62BN3O/c1-35-29-49-52-50(30-35)63-53-40(55-54(63)39-17-12-13-20-51(39)65-55)18-16-19-45(53)61(52)44-23-22-38(33-48(44)62(49)47-34-42-41(31-36(47)2)57(6,7)27-28-58(42,8)9)64-46-24-21-37(56(3,4)5)32-43(46)59(10)25-14-15-26-60(59,64)11/h12-13,16-24,29-34H,14-15,25-28H2,1-11H3. The second-order valence-electron chi connectivity index (χ2n) is 23.7. The predicted molar refractivity (Wildman–Crippen MR) is 276 cm³/mol. The number of nitrogens with zero attached hydrogens (tertiary/aromatic N) is 3. The Hall–Kier alpha value is -5.68. The number of benzene rings is 6. The van der Waals surface area contributed by atoms with Crippen LogP contribution in [-0.2, 0) is 21.7 Å². The number of rotatable bonds is 2. The molecule has 8 aromatic rings. The van der Waals surface area contributed by atoms with Crippen molar-refractivity contribution in [2.45, 2.75) is 142 Å². The fraction of sp³-hybridized carbons (Fsp3) is 0.367. The summed E-state index contributed by atoms with van der Waals surface area (Å²) in [6.45, 7) is 26.8. The number of hydrogen-bond donors (Lipinski definition) is 0. The van der Waals surface area contributed by atoms with E-state index in [2.05, 4.69) is 194 Å². The minimum Gasteiger partial charge on any atom is -0.454 e. The van der Waals surface area contributed by atoms with Crippen molar-refractivity contribution < 1.29 is 4.42 Å². The van der Waals surface area contributed by atoms with Crippen LogP contribution in [0.3, 0.4) is 0 Å². The predicted octanol–water partition coefficient (Wildman–Crippen LogP) is 14.1. The van der Waals surface area contributed by atoms with Crippen LogP contribution in [0, 0.1) is 13.8 Å². The van der Waals surface area contributed by atoms with Gasteiger partial charge in [-0.25, -0.2) is 0 Å². The number of hydrogen-bond acceptors (Lipinski definition) is 3. The van der Waals surface area contributed by atoms with E-state index in [0.717, 1.165) is 16.6 Å². The zero-order valence-corrected chi connectivity index (χ0v) is 40.4. The van der Waals surface area contributed by atoms with Crippen LogP contribution >= 0.6 is 0 Å². The molecule has 5 heterocycles. The Kier molecular flexibility index (Phi) is 7.69. The number of para-hydroxylation sites is 2. The van der Waals surface area contributed by atoms with Gasteiger partial charge in [-0.05, 0) is 167 Å². The highest BCUT2D eigenvalue weighted by molar-refractivity contribution is 7.00. The van der Waals surface area contributed by atoms with Gasteiger partial charge in [0.2, 0.25) is 0 Å². The first-order chi connectivity index (χ1) is 30.9. The van der Waals surface area contributed by atoms with Gasteiger partial charge in [0.1, 0.15) is 11.1 Å². The number of anilines is 5. The molecule has 3 aliphatic heterocycles. The third-order valence-corrected chi connectivity index (χ3v) is 17.9. The first kappa shape index (κ1) is 39.7. The van der Waals surface area contributed by atoms with Gasteiger partial charge in [0.25, 0.3) is 6.71 Å². The summed E-state index contributed by atoms with van der Waals surface area (Å²) in [5, 5.41) is 2.35. The third-order valence-electron chi connectivity index (χ3n) is 17.9. The Morgan fingerprint density at radius 1 is 0.585 bits per heavy atom. The van der Waals surface area contributed by atoms with E-state index in [-0.39, 0.29) is 33.9 Å². The molecule has 2 atom stereocenters. The number of aryl methyl sites for hydroxylation is 2. The summed E-state index contributed by atoms with van der Waals surface area (Å²) in [6.07, 6.45) is 7.27. The molecule has 0 radical (unpaired) electrons. The molecule has 0 N–H and O–H groups in total. The van der Waals surface area contributed by atoms with E-state index >= 15 is 0 Å². The van der Waals surface area contributed by atoms with Gasteiger partial charge in [-0.3, -0.25) is 0 Å². The van der Waals surface area contributed by atoms with Gasteiger partial charge in [0.15, 0.2) is 5.58 Å². The van der Waals surface area contributed by atoms with E-state index in [1.807, 2.05) is 0 Å². The molecule has 0 bridgehead atoms. The summed E-state index contributed by atoms with van der Waals surface area (Å²) in [5.41, 5.74) is 25.0. The van der Waals surface area contributed by atoms with E-state index in [1.54, 1.807) is 0 Å². The van der Waals surface area contributed by atoms with E-state index in [9.17, 15) is 0 Å². The first-order valence-corrected chi connectivity index (χ1v) is 24.6. The first-order valence-electron chi connectivity index (χ1n) is 24.6. The maximum atomic E-state index is 6.81. The summed E-state index contributed by atoms with van der Waals surface area (Å²) in [5.74, 6) is 0. The van der Waals surface area contributed by atoms with Crippen LogP contribution in [0.15, 0.2) is 108 Å². The molecule has 13 rings (SSSR count). The molecule has 5 heteroatoms. The van der Waals surface area contributed by atoms with Gasteiger partial charge in [0, 0.05) is 50.3 Å². The van der Waals surface area contributed by atoms with Crippen molar-refractivity contribution >= 4 is 84.5 Å². The fourth-order valence-electron chi connectivity index (χ4n) is 14.0. The fourth-order valence-corrected chi connectivity index (χ4v) is 14.0. The quantitative estimate of drug-likeness (QED) is 0.162. The molecular weight excluding hydrogens is 789 g/mol. The lowest BCUT2D eigenvalue weighted by molar-refractivity contribution is 0.195. The molecule has 0 spiro atoms. The summed E-state index contributed by atoms with van der Waals surface area (Å²) in [4.78, 5) is 5.50. The molecule has 1 fully saturated rings. The van der Waals surface area contributed by atoms with Gasteiger partial charge < -0.3 is 18.8 Å². The Bertz CT molecular complexity index is 3410. The van der Waals surface area contributed by atoms with Crippen LogP contribution in [0.25, 0.3) is 38.7 Å². The Labute approximate surface area is 385 Å². The number of furan rings is 1. The molecule has 2 unspecified atom stereocenters. The van der Waals surface area contributed by atoms with Gasteiger partial charge in [0.05, 0.1) is 11.1 Å². The zero-order valence-electron chi connectivity index (χ0n) is 40.4. The topological polar surface area (TPSA) is 24.6 Å². The van der Waals surface area contributed by atoms with E-state index < -0.39 is 0 Å². The van der Waals surface area contributed by atoms with Crippen LogP contribution in [0.1, 0.15) is 134 Å². The maximum Gasteiger partial charge on any atom is 0.252 e. The Morgan fingerprint density at radius 3 is 2.09 bits per heavy atom. The molecule has 4 nitrogen and oxygen atoms in total. The van der Waals surface area contributed by atoms with Crippen molar-refractivity contribution in [3.05, 3.63) is 137 Å². The van der Waals surface area contributed by atoms with Gasteiger partial charge in [-0.2, -0.15) is 0 Å². The van der Waals surface area contributed by atoms with Gasteiger partial charge >= 0.3 is 0 Å². The summed E-state index contributed by atoms with van der Waals surface area (Å²) in [7, 11) is 0. The van der Waals surface area contributed by atoms with Crippen LogP contribution in [-0.4, -0.2) is 16.8 Å². The molecule has 326 valence electrons. The molecule has 1 saturated carbocycles. The van der Waals surface area contributed by atoms with Crippen molar-refractivity contribution in [2.75, 3.05) is 9.80 Å². The molecule has 65 heavy (non-hydrogen) atoms. The van der Waals surface area contributed by atoms with E-state index in [4.69, 9.17) is 4.42 Å². The molecule has 5 aliphatic rings. The van der Waals surface area contributed by atoms with Crippen LogP contribution in [0.5, 0.6) is 0 Å². The normalized spacial score (nSPS) is 22.3. The number of aromatic nitrogens is 1. The molecule has 2 aromatic heterocycles. The smallest absolute Gasteiger partial charge is 0.252 e. The highest BCUT2D eigenvalue weighted by Crippen LogP contribution is 2.62. The van der Waals surface area contributed by atoms with Crippen LogP contribution in [0.4, 0.5) is 28.4 Å². The second kappa shape index (κ2) is 12.6. The lowest BCUT2D eigenvalue weighted by Crippen LogP contribution is -2.60. The maximum absolute atomic E-state index is 6.81. The van der Waals surface area contributed by atoms with Crippen LogP contribution in [0.2, 0.25) is 0 Å². The van der Waals surface area contributed by atoms with E-state index in [1.165, 1.54) is 139 Å². The van der Waals surface area contributed by atoms with Crippen LogP contribution < -0.4 is 26.2 Å². The van der Waals surface area contributed by atoms with Gasteiger partial charge in [-0.1, -0.05) is 117 Å². The minimum absolute atomic E-state index is 0.0367. The minimum atomic E-state index is -0.0645. The molecular formula is C60H62BN3O. The average molecular weight is 852 g/mol. The third kappa shape index (κ3) is 5.00. The van der Waals surface area contributed by atoms with Crippen molar-refractivity contribution in [1.29, 1.82) is 0 Å². The summed E-state index contributed by atoms with van der Waals surface area (Å²) in [6, 6.07) is 40.7. The highest BCUT2D eigenvalue weighted by Gasteiger charge is 2.58. The summed E-state index contributed by atoms with van der Waals surface area (Å²) >= 11 is 0. The zero-order chi connectivity index (χ0) is 44.9. The molecule has 2 aliphatic carbocycles. The SMILES string of the molecule is Cc1cc2c3c(c1)-n1c4c(cccc4c4oc5ccccc5c41)B3c1ccc(N3c4ccc(C(C)(C)C)cc4C4(C)CCCCC34C)cc1N2c1cc2c(cc1C)C(C)(C)CCC2(C)C. The lowest BCUT2D eigenvalue weighted by atomic mass is 9.33. The van der Waals surface area contributed by atoms with Crippen molar-refractivity contribution in [1.82, 2.24) is 4.57 Å². The monoisotopic (exact) mass is 851 g/mol. The second-order valence-corrected chi connectivity index (χ2v) is 23.7. The number of fused-ring (bicyclic) bond motifs is 13. The van der Waals surface area contributed by atoms with Gasteiger partial charge in [-0.15, -0.1) is 0 Å². The Morgan fingerprint density at radius 2 is 1.31 bits per heavy atom. The molecule has 0 amide bonds. The average Bonchev–Trinajstić information content (AvgIpc) is 3.87.